The molecule has 0 aromatic heterocycles. The summed E-state index contributed by atoms with van der Waals surface area (Å²) in [6.45, 7) is 1.87. The van der Waals surface area contributed by atoms with Gasteiger partial charge in [-0.3, -0.25) is 0 Å². The van der Waals surface area contributed by atoms with E-state index in [-0.39, 0.29) is 5.92 Å². The lowest BCUT2D eigenvalue weighted by Gasteiger charge is -2.28. The molecular weight excluding hydrogens is 266 g/mol. The van der Waals surface area contributed by atoms with Crippen molar-refractivity contribution in [2.45, 2.75) is 18.9 Å². The molecule has 1 atom stereocenters. The Morgan fingerprint density at radius 2 is 1.79 bits per heavy atom. The summed E-state index contributed by atoms with van der Waals surface area (Å²) >= 11 is 6.24. The van der Waals surface area contributed by atoms with Gasteiger partial charge in [0.2, 0.25) is 0 Å². The molecule has 2 rings (SSSR count). The minimum Gasteiger partial charge on any atom is -0.493 e. The number of ether oxygens (including phenoxy) is 2. The fourth-order valence-corrected chi connectivity index (χ4v) is 2.78. The minimum absolute atomic E-state index is 0.233. The number of hydrogen-bond donors (Lipinski definition) is 2. The highest BCUT2D eigenvalue weighted by Gasteiger charge is 2.26. The molecule has 4 nitrogen and oxygen atoms in total. The third-order valence-electron chi connectivity index (χ3n) is 3.65. The van der Waals surface area contributed by atoms with E-state index in [1.165, 1.54) is 0 Å². The molecule has 1 aromatic carbocycles. The zero-order valence-electron chi connectivity index (χ0n) is 11.3. The fraction of sp³-hybridized carbons (Fsp3) is 0.571. The number of halogens is 1. The summed E-state index contributed by atoms with van der Waals surface area (Å²) in [5.41, 5.74) is 0.714. The topological polar surface area (TPSA) is 50.7 Å². The molecule has 0 radical (unpaired) electrons. The van der Waals surface area contributed by atoms with Crippen molar-refractivity contribution in [3.05, 3.63) is 22.7 Å². The van der Waals surface area contributed by atoms with Gasteiger partial charge in [-0.2, -0.15) is 0 Å². The highest BCUT2D eigenvalue weighted by atomic mass is 35.5. The normalized spacial score (nSPS) is 18.1. The van der Waals surface area contributed by atoms with Crippen molar-refractivity contribution in [3.63, 3.8) is 0 Å². The predicted octanol–water partition coefficient (Wildman–Crippen LogP) is 2.39. The van der Waals surface area contributed by atoms with Crippen molar-refractivity contribution in [1.29, 1.82) is 0 Å². The number of hydrogen-bond acceptors (Lipinski definition) is 4. The average molecular weight is 286 g/mol. The van der Waals surface area contributed by atoms with Gasteiger partial charge in [0.1, 0.15) is 0 Å². The number of rotatable bonds is 4. The monoisotopic (exact) mass is 285 g/mol. The number of benzene rings is 1. The number of nitrogens with one attached hydrogen (secondary N) is 1. The molecule has 1 saturated heterocycles. The average Bonchev–Trinajstić information content (AvgIpc) is 2.47. The van der Waals surface area contributed by atoms with Crippen molar-refractivity contribution in [2.75, 3.05) is 27.3 Å². The molecule has 1 aliphatic rings. The van der Waals surface area contributed by atoms with Gasteiger partial charge in [0, 0.05) is 11.6 Å². The van der Waals surface area contributed by atoms with Crippen LogP contribution in [-0.4, -0.2) is 32.4 Å². The van der Waals surface area contributed by atoms with Crippen LogP contribution in [0.15, 0.2) is 12.1 Å². The van der Waals surface area contributed by atoms with Crippen LogP contribution in [0.1, 0.15) is 24.5 Å². The standard InChI is InChI=1S/C14H20ClNO3/c1-18-12-7-10(11(15)8-13(12)19-2)14(17)9-3-5-16-6-4-9/h7-9,14,16-17H,3-6H2,1-2H3. The lowest BCUT2D eigenvalue weighted by Crippen LogP contribution is -2.30. The third-order valence-corrected chi connectivity index (χ3v) is 3.98. The van der Waals surface area contributed by atoms with Crippen LogP contribution in [-0.2, 0) is 0 Å². The van der Waals surface area contributed by atoms with Crippen LogP contribution in [0.2, 0.25) is 5.02 Å². The van der Waals surface area contributed by atoms with E-state index in [0.717, 1.165) is 25.9 Å². The largest absolute Gasteiger partial charge is 0.493 e. The van der Waals surface area contributed by atoms with Gasteiger partial charge in [-0.1, -0.05) is 11.6 Å². The molecule has 19 heavy (non-hydrogen) atoms. The Hall–Kier alpha value is -0.970. The van der Waals surface area contributed by atoms with Gasteiger partial charge in [-0.15, -0.1) is 0 Å². The van der Waals surface area contributed by atoms with Crippen LogP contribution in [0.3, 0.4) is 0 Å². The maximum Gasteiger partial charge on any atom is 0.162 e. The first-order valence-electron chi connectivity index (χ1n) is 6.47. The van der Waals surface area contributed by atoms with Gasteiger partial charge in [0.15, 0.2) is 11.5 Å². The molecule has 2 N–H and O–H groups in total. The maximum absolute atomic E-state index is 10.5. The van der Waals surface area contributed by atoms with Crippen molar-refractivity contribution in [1.82, 2.24) is 5.32 Å². The van der Waals surface area contributed by atoms with E-state index in [4.69, 9.17) is 21.1 Å². The highest BCUT2D eigenvalue weighted by Crippen LogP contribution is 2.39. The van der Waals surface area contributed by atoms with Gasteiger partial charge in [-0.25, -0.2) is 0 Å². The summed E-state index contributed by atoms with van der Waals surface area (Å²) < 4.78 is 10.5. The molecule has 0 aliphatic carbocycles. The van der Waals surface area contributed by atoms with Crippen LogP contribution in [0.5, 0.6) is 11.5 Å². The molecular formula is C14H20ClNO3. The van der Waals surface area contributed by atoms with Crippen LogP contribution >= 0.6 is 11.6 Å². The van der Waals surface area contributed by atoms with Crippen LogP contribution in [0.4, 0.5) is 0 Å². The first-order valence-corrected chi connectivity index (χ1v) is 6.85. The molecule has 1 heterocycles. The molecule has 0 bridgehead atoms. The highest BCUT2D eigenvalue weighted by molar-refractivity contribution is 6.31. The van der Waals surface area contributed by atoms with Crippen LogP contribution < -0.4 is 14.8 Å². The number of methoxy groups -OCH3 is 2. The predicted molar refractivity (Wildman–Crippen MR) is 75.1 cm³/mol. The molecule has 0 saturated carbocycles. The SMILES string of the molecule is COc1cc(Cl)c(C(O)C2CCNCC2)cc1OC. The van der Waals surface area contributed by atoms with E-state index in [1.54, 1.807) is 26.4 Å². The Balaban J connectivity index is 2.27. The van der Waals surface area contributed by atoms with Crippen molar-refractivity contribution in [2.24, 2.45) is 5.92 Å². The van der Waals surface area contributed by atoms with E-state index >= 15 is 0 Å². The van der Waals surface area contributed by atoms with E-state index in [0.29, 0.717) is 22.1 Å². The maximum atomic E-state index is 10.5. The van der Waals surface area contributed by atoms with E-state index < -0.39 is 6.10 Å². The Morgan fingerprint density at radius 1 is 1.21 bits per heavy atom. The summed E-state index contributed by atoms with van der Waals surface area (Å²) in [6.07, 6.45) is 1.34. The zero-order chi connectivity index (χ0) is 13.8. The van der Waals surface area contributed by atoms with Gasteiger partial charge >= 0.3 is 0 Å². The lowest BCUT2D eigenvalue weighted by molar-refractivity contribution is 0.0887. The molecule has 1 aromatic rings. The van der Waals surface area contributed by atoms with E-state index in [1.807, 2.05) is 0 Å². The quantitative estimate of drug-likeness (QED) is 0.892. The summed E-state index contributed by atoms with van der Waals surface area (Å²) in [5, 5.41) is 14.3. The Morgan fingerprint density at radius 3 is 2.37 bits per heavy atom. The molecule has 1 unspecified atom stereocenters. The zero-order valence-corrected chi connectivity index (χ0v) is 12.0. The molecule has 106 valence electrons. The van der Waals surface area contributed by atoms with Crippen molar-refractivity contribution in [3.8, 4) is 11.5 Å². The van der Waals surface area contributed by atoms with Gasteiger partial charge < -0.3 is 19.9 Å². The summed E-state index contributed by atoms with van der Waals surface area (Å²) in [4.78, 5) is 0. The second-order valence-electron chi connectivity index (χ2n) is 4.76. The first-order chi connectivity index (χ1) is 9.17. The summed E-state index contributed by atoms with van der Waals surface area (Å²) in [7, 11) is 3.14. The smallest absolute Gasteiger partial charge is 0.162 e. The van der Waals surface area contributed by atoms with Gasteiger partial charge in [-0.05, 0) is 37.9 Å². The molecule has 5 heteroatoms. The molecule has 0 spiro atoms. The summed E-state index contributed by atoms with van der Waals surface area (Å²) in [5.74, 6) is 1.40. The van der Waals surface area contributed by atoms with Gasteiger partial charge in [0.05, 0.1) is 25.3 Å². The summed E-state index contributed by atoms with van der Waals surface area (Å²) in [6, 6.07) is 3.47. The Labute approximate surface area is 118 Å². The first kappa shape index (κ1) is 14.4. The molecule has 1 fully saturated rings. The fourth-order valence-electron chi connectivity index (χ4n) is 2.51. The number of piperidine rings is 1. The second kappa shape index (κ2) is 6.46. The molecule has 0 amide bonds. The number of aliphatic hydroxyl groups is 1. The molecule has 1 aliphatic heterocycles. The van der Waals surface area contributed by atoms with Crippen molar-refractivity contribution >= 4 is 11.6 Å². The van der Waals surface area contributed by atoms with Gasteiger partial charge in [0.25, 0.3) is 0 Å². The Kier molecular flexibility index (Phi) is 4.91. The minimum atomic E-state index is -0.561. The van der Waals surface area contributed by atoms with Crippen LogP contribution in [0.25, 0.3) is 0 Å². The lowest BCUT2D eigenvalue weighted by atomic mass is 9.88. The Bertz CT molecular complexity index is 433. The van der Waals surface area contributed by atoms with E-state index in [2.05, 4.69) is 5.32 Å². The van der Waals surface area contributed by atoms with Crippen LogP contribution in [0, 0.1) is 5.92 Å². The third kappa shape index (κ3) is 3.14. The van der Waals surface area contributed by atoms with Crippen molar-refractivity contribution < 1.29 is 14.6 Å². The van der Waals surface area contributed by atoms with E-state index in [9.17, 15) is 5.11 Å². The number of aliphatic hydroxyl groups excluding tert-OH is 1. The second-order valence-corrected chi connectivity index (χ2v) is 5.17.